The topological polar surface area (TPSA) is 31.4 Å². The minimum atomic E-state index is 0.761. The van der Waals surface area contributed by atoms with Crippen LogP contribution in [0, 0.1) is 0 Å². The number of hydrogen-bond donors (Lipinski definition) is 0. The summed E-state index contributed by atoms with van der Waals surface area (Å²) in [6.45, 7) is 6.73. The summed E-state index contributed by atoms with van der Waals surface area (Å²) in [5, 5.41) is 0. The van der Waals surface area contributed by atoms with Crippen molar-refractivity contribution < 1.29 is 9.47 Å². The van der Waals surface area contributed by atoms with Gasteiger partial charge < -0.3 is 9.47 Å². The van der Waals surface area contributed by atoms with E-state index in [0.717, 1.165) is 62.5 Å². The molecule has 2 aromatic rings. The number of ether oxygens (including phenoxy) is 2. The van der Waals surface area contributed by atoms with Gasteiger partial charge in [0, 0.05) is 25.0 Å². The molecule has 3 nitrogen and oxygen atoms in total. The van der Waals surface area contributed by atoms with E-state index in [0.29, 0.717) is 0 Å². The van der Waals surface area contributed by atoms with Gasteiger partial charge in [-0.05, 0) is 74.9 Å². The second-order valence-electron chi connectivity index (χ2n) is 8.05. The van der Waals surface area contributed by atoms with E-state index in [1.807, 2.05) is 25.3 Å². The van der Waals surface area contributed by atoms with E-state index in [4.69, 9.17) is 9.47 Å². The Hall–Kier alpha value is -1.87. The number of unbranched alkanes of at least 4 members (excludes halogenated alkanes) is 8. The van der Waals surface area contributed by atoms with E-state index >= 15 is 0 Å². The summed E-state index contributed by atoms with van der Waals surface area (Å²) in [5.74, 6) is 0.930. The molecule has 30 heavy (non-hydrogen) atoms. The molecule has 1 aromatic heterocycles. The van der Waals surface area contributed by atoms with Gasteiger partial charge in [-0.1, -0.05) is 51.5 Å². The van der Waals surface area contributed by atoms with Crippen molar-refractivity contribution in [2.24, 2.45) is 0 Å². The number of benzene rings is 1. The van der Waals surface area contributed by atoms with Gasteiger partial charge in [-0.2, -0.15) is 0 Å². The van der Waals surface area contributed by atoms with Gasteiger partial charge in [0.1, 0.15) is 5.75 Å². The molecule has 0 atom stereocenters. The number of rotatable bonds is 17. The Morgan fingerprint density at radius 3 is 2.10 bits per heavy atom. The molecule has 0 aliphatic rings. The maximum absolute atomic E-state index is 5.85. The quantitative estimate of drug-likeness (QED) is 0.251. The molecule has 0 radical (unpaired) electrons. The van der Waals surface area contributed by atoms with Crippen molar-refractivity contribution in [2.45, 2.75) is 84.5 Å². The molecule has 3 heteroatoms. The largest absolute Gasteiger partial charge is 0.494 e. The fourth-order valence-corrected chi connectivity index (χ4v) is 3.57. The summed E-state index contributed by atoms with van der Waals surface area (Å²) in [6.07, 6.45) is 16.0. The highest BCUT2D eigenvalue weighted by atomic mass is 16.5. The van der Waals surface area contributed by atoms with E-state index in [9.17, 15) is 0 Å². The SMILES string of the molecule is CCCCCCCCCc1ccc(-c2ccc(OCCCCCOCC)cc2)nc1. The fourth-order valence-electron chi connectivity index (χ4n) is 3.57. The minimum absolute atomic E-state index is 0.761. The lowest BCUT2D eigenvalue weighted by atomic mass is 10.0. The summed E-state index contributed by atoms with van der Waals surface area (Å²) >= 11 is 0. The van der Waals surface area contributed by atoms with Gasteiger partial charge >= 0.3 is 0 Å². The highest BCUT2D eigenvalue weighted by molar-refractivity contribution is 5.60. The number of pyridine rings is 1. The standard InChI is InChI=1S/C27H41NO2/c1-3-5-6-7-8-9-11-14-24-15-20-27(28-23-24)25-16-18-26(19-17-25)30-22-13-10-12-21-29-4-2/h15-20,23H,3-14,21-22H2,1-2H3. The predicted molar refractivity (Wildman–Crippen MR) is 127 cm³/mol. The molecule has 1 aromatic carbocycles. The lowest BCUT2D eigenvalue weighted by Gasteiger charge is -2.08. The van der Waals surface area contributed by atoms with Crippen molar-refractivity contribution in [3.05, 3.63) is 48.2 Å². The smallest absolute Gasteiger partial charge is 0.119 e. The van der Waals surface area contributed by atoms with Crippen molar-refractivity contribution in [3.63, 3.8) is 0 Å². The Morgan fingerprint density at radius 2 is 1.40 bits per heavy atom. The second-order valence-corrected chi connectivity index (χ2v) is 8.05. The van der Waals surface area contributed by atoms with Crippen LogP contribution in [0.25, 0.3) is 11.3 Å². The van der Waals surface area contributed by atoms with Gasteiger partial charge in [-0.15, -0.1) is 0 Å². The zero-order valence-corrected chi connectivity index (χ0v) is 19.2. The Labute approximate surface area is 184 Å². The van der Waals surface area contributed by atoms with Gasteiger partial charge in [0.25, 0.3) is 0 Å². The third-order valence-electron chi connectivity index (χ3n) is 5.45. The number of nitrogens with zero attached hydrogens (tertiary/aromatic N) is 1. The molecule has 0 spiro atoms. The molecule has 166 valence electrons. The number of aromatic nitrogens is 1. The summed E-state index contributed by atoms with van der Waals surface area (Å²) in [4.78, 5) is 4.68. The third-order valence-corrected chi connectivity index (χ3v) is 5.45. The second kappa shape index (κ2) is 15.9. The maximum atomic E-state index is 5.85. The minimum Gasteiger partial charge on any atom is -0.494 e. The van der Waals surface area contributed by atoms with Crippen molar-refractivity contribution in [1.29, 1.82) is 0 Å². The fraction of sp³-hybridized carbons (Fsp3) is 0.593. The van der Waals surface area contributed by atoms with Crippen LogP contribution in [-0.4, -0.2) is 24.8 Å². The Morgan fingerprint density at radius 1 is 0.700 bits per heavy atom. The number of hydrogen-bond acceptors (Lipinski definition) is 3. The van der Waals surface area contributed by atoms with E-state index in [1.54, 1.807) is 0 Å². The van der Waals surface area contributed by atoms with Crippen LogP contribution >= 0.6 is 0 Å². The van der Waals surface area contributed by atoms with Crippen LogP contribution < -0.4 is 4.74 Å². The first-order chi connectivity index (χ1) is 14.8. The van der Waals surface area contributed by atoms with Crippen LogP contribution in [0.5, 0.6) is 5.75 Å². The normalized spacial score (nSPS) is 11.0. The van der Waals surface area contributed by atoms with E-state index in [-0.39, 0.29) is 0 Å². The van der Waals surface area contributed by atoms with Crippen molar-refractivity contribution >= 4 is 0 Å². The van der Waals surface area contributed by atoms with Crippen LogP contribution in [0.4, 0.5) is 0 Å². The molecule has 0 saturated carbocycles. The molecule has 0 bridgehead atoms. The van der Waals surface area contributed by atoms with Gasteiger partial charge in [-0.3, -0.25) is 4.98 Å². The zero-order chi connectivity index (χ0) is 21.3. The first kappa shape index (κ1) is 24.4. The van der Waals surface area contributed by atoms with Crippen LogP contribution in [0.2, 0.25) is 0 Å². The van der Waals surface area contributed by atoms with Crippen molar-refractivity contribution in [1.82, 2.24) is 4.98 Å². The average Bonchev–Trinajstić information content (AvgIpc) is 2.79. The van der Waals surface area contributed by atoms with Crippen molar-refractivity contribution in [3.8, 4) is 17.0 Å². The molecule has 0 aliphatic carbocycles. The molecular weight excluding hydrogens is 370 g/mol. The van der Waals surface area contributed by atoms with Crippen LogP contribution in [0.1, 0.15) is 83.6 Å². The summed E-state index contributed by atoms with van der Waals surface area (Å²) in [5.41, 5.74) is 3.51. The van der Waals surface area contributed by atoms with Crippen LogP contribution in [-0.2, 0) is 11.2 Å². The summed E-state index contributed by atoms with van der Waals surface area (Å²) in [7, 11) is 0. The average molecular weight is 412 g/mol. The van der Waals surface area contributed by atoms with Gasteiger partial charge in [0.15, 0.2) is 0 Å². The molecule has 1 heterocycles. The molecule has 0 fully saturated rings. The molecule has 0 amide bonds. The van der Waals surface area contributed by atoms with E-state index < -0.39 is 0 Å². The number of aryl methyl sites for hydroxylation is 1. The van der Waals surface area contributed by atoms with E-state index in [1.165, 1.54) is 50.5 Å². The first-order valence-corrected chi connectivity index (χ1v) is 12.1. The Balaban J connectivity index is 1.65. The molecular formula is C27H41NO2. The Kier molecular flexibility index (Phi) is 12.9. The monoisotopic (exact) mass is 411 g/mol. The van der Waals surface area contributed by atoms with Gasteiger partial charge in [-0.25, -0.2) is 0 Å². The first-order valence-electron chi connectivity index (χ1n) is 12.1. The highest BCUT2D eigenvalue weighted by Crippen LogP contribution is 2.21. The third kappa shape index (κ3) is 10.2. The molecule has 0 unspecified atom stereocenters. The lowest BCUT2D eigenvalue weighted by molar-refractivity contribution is 0.141. The molecule has 0 saturated heterocycles. The molecule has 0 N–H and O–H groups in total. The van der Waals surface area contributed by atoms with Crippen LogP contribution in [0.15, 0.2) is 42.6 Å². The summed E-state index contributed by atoms with van der Waals surface area (Å²) < 4.78 is 11.2. The molecule has 2 rings (SSSR count). The highest BCUT2D eigenvalue weighted by Gasteiger charge is 2.02. The Bertz CT molecular complexity index is 592. The van der Waals surface area contributed by atoms with Crippen LogP contribution in [0.3, 0.4) is 0 Å². The van der Waals surface area contributed by atoms with E-state index in [2.05, 4.69) is 36.2 Å². The van der Waals surface area contributed by atoms with Crippen molar-refractivity contribution in [2.75, 3.05) is 19.8 Å². The zero-order valence-electron chi connectivity index (χ0n) is 19.2. The van der Waals surface area contributed by atoms with Gasteiger partial charge in [0.2, 0.25) is 0 Å². The molecule has 0 aliphatic heterocycles. The summed E-state index contributed by atoms with van der Waals surface area (Å²) in [6, 6.07) is 12.7. The predicted octanol–water partition coefficient (Wildman–Crippen LogP) is 7.63. The van der Waals surface area contributed by atoms with Gasteiger partial charge in [0.05, 0.1) is 12.3 Å². The maximum Gasteiger partial charge on any atom is 0.119 e. The lowest BCUT2D eigenvalue weighted by Crippen LogP contribution is -1.99.